The van der Waals surface area contributed by atoms with Gasteiger partial charge in [0.2, 0.25) is 5.91 Å². The number of carbonyl (C=O) groups excluding carboxylic acids is 1. The number of nitrogens with two attached hydrogens (primary N) is 1. The van der Waals surface area contributed by atoms with Crippen LogP contribution in [-0.4, -0.2) is 13.0 Å². The molecule has 2 N–H and O–H groups in total. The number of likely N-dealkylation sites (N-methyl/N-ethyl adjacent to an activating group) is 1. The first-order valence-corrected chi connectivity index (χ1v) is 6.28. The third-order valence-corrected chi connectivity index (χ3v) is 3.30. The molecule has 0 saturated carbocycles. The maximum absolute atomic E-state index is 12.5. The average Bonchev–Trinajstić information content (AvgIpc) is 2.46. The van der Waals surface area contributed by atoms with Gasteiger partial charge < -0.3 is 10.6 Å². The summed E-state index contributed by atoms with van der Waals surface area (Å²) in [5.41, 5.74) is 8.27. The van der Waals surface area contributed by atoms with Gasteiger partial charge in [0.05, 0.1) is 17.3 Å². The lowest BCUT2D eigenvalue weighted by molar-refractivity contribution is -0.119. The quantitative estimate of drug-likeness (QED) is 0.856. The molecule has 0 aliphatic rings. The number of hydrogen-bond acceptors (Lipinski definition) is 2. The van der Waals surface area contributed by atoms with E-state index in [1.807, 2.05) is 55.5 Å². The van der Waals surface area contributed by atoms with Crippen molar-refractivity contribution in [3.05, 3.63) is 60.2 Å². The summed E-state index contributed by atoms with van der Waals surface area (Å²) in [6.45, 7) is 1.91. The molecule has 1 unspecified atom stereocenters. The van der Waals surface area contributed by atoms with Crippen molar-refractivity contribution >= 4 is 17.3 Å². The van der Waals surface area contributed by atoms with Gasteiger partial charge in [-0.15, -0.1) is 0 Å². The lowest BCUT2D eigenvalue weighted by Gasteiger charge is -2.23. The Morgan fingerprint density at radius 2 is 1.63 bits per heavy atom. The van der Waals surface area contributed by atoms with Gasteiger partial charge in [-0.05, 0) is 24.6 Å². The van der Waals surface area contributed by atoms with Gasteiger partial charge in [-0.2, -0.15) is 0 Å². The molecule has 0 spiro atoms. The summed E-state index contributed by atoms with van der Waals surface area (Å²) in [4.78, 5) is 14.1. The molecule has 0 saturated heterocycles. The Balaban J connectivity index is 2.23. The molecule has 2 rings (SSSR count). The van der Waals surface area contributed by atoms with Crippen LogP contribution in [0.5, 0.6) is 0 Å². The van der Waals surface area contributed by atoms with Gasteiger partial charge in [0.1, 0.15) is 0 Å². The first-order chi connectivity index (χ1) is 9.11. The van der Waals surface area contributed by atoms with Crippen LogP contribution in [0.2, 0.25) is 0 Å². The molecule has 0 aromatic heterocycles. The van der Waals surface area contributed by atoms with Gasteiger partial charge in [0, 0.05) is 7.05 Å². The van der Waals surface area contributed by atoms with Crippen LogP contribution in [0.4, 0.5) is 11.4 Å². The lowest BCUT2D eigenvalue weighted by atomic mass is 9.99. The highest BCUT2D eigenvalue weighted by atomic mass is 16.2. The van der Waals surface area contributed by atoms with E-state index in [1.165, 1.54) is 0 Å². The molecule has 0 aliphatic carbocycles. The van der Waals surface area contributed by atoms with Crippen LogP contribution in [0.25, 0.3) is 0 Å². The van der Waals surface area contributed by atoms with Crippen molar-refractivity contribution in [1.82, 2.24) is 0 Å². The van der Waals surface area contributed by atoms with Crippen LogP contribution in [0, 0.1) is 0 Å². The first kappa shape index (κ1) is 13.1. The summed E-state index contributed by atoms with van der Waals surface area (Å²) < 4.78 is 0. The number of nitrogens with zero attached hydrogens (tertiary/aromatic N) is 1. The van der Waals surface area contributed by atoms with Crippen molar-refractivity contribution in [2.45, 2.75) is 12.8 Å². The highest BCUT2D eigenvalue weighted by molar-refractivity contribution is 5.99. The monoisotopic (exact) mass is 254 g/mol. The van der Waals surface area contributed by atoms with E-state index in [0.717, 1.165) is 11.3 Å². The molecule has 98 valence electrons. The van der Waals surface area contributed by atoms with E-state index in [9.17, 15) is 4.79 Å². The van der Waals surface area contributed by atoms with Crippen LogP contribution in [0.15, 0.2) is 54.6 Å². The zero-order valence-electron chi connectivity index (χ0n) is 11.2. The van der Waals surface area contributed by atoms with E-state index >= 15 is 0 Å². The Morgan fingerprint density at radius 3 is 2.26 bits per heavy atom. The summed E-state index contributed by atoms with van der Waals surface area (Å²) in [5.74, 6) is -0.157. The average molecular weight is 254 g/mol. The molecule has 0 fully saturated rings. The molecule has 0 aliphatic heterocycles. The molecule has 1 atom stereocenters. The van der Waals surface area contributed by atoms with Crippen molar-refractivity contribution in [2.24, 2.45) is 0 Å². The number of amides is 1. The van der Waals surface area contributed by atoms with E-state index in [-0.39, 0.29) is 11.8 Å². The fourth-order valence-electron chi connectivity index (χ4n) is 2.09. The van der Waals surface area contributed by atoms with Gasteiger partial charge in [0.25, 0.3) is 0 Å². The summed E-state index contributed by atoms with van der Waals surface area (Å²) in [5, 5.41) is 0. The SMILES string of the molecule is CC(C(=O)N(C)c1ccccc1N)c1ccccc1. The maximum Gasteiger partial charge on any atom is 0.234 e. The maximum atomic E-state index is 12.5. The minimum absolute atomic E-state index is 0.0316. The van der Waals surface area contributed by atoms with Crippen molar-refractivity contribution in [2.75, 3.05) is 17.7 Å². The number of nitrogen functional groups attached to an aromatic ring is 1. The number of rotatable bonds is 3. The number of benzene rings is 2. The van der Waals surface area contributed by atoms with Crippen molar-refractivity contribution in [1.29, 1.82) is 0 Å². The van der Waals surface area contributed by atoms with Gasteiger partial charge in [-0.25, -0.2) is 0 Å². The molecule has 1 amide bonds. The van der Waals surface area contributed by atoms with Crippen LogP contribution in [-0.2, 0) is 4.79 Å². The van der Waals surface area contributed by atoms with Crippen molar-refractivity contribution in [3.8, 4) is 0 Å². The zero-order valence-corrected chi connectivity index (χ0v) is 11.2. The molecule has 0 bridgehead atoms. The summed E-state index contributed by atoms with van der Waals surface area (Å²) in [6.07, 6.45) is 0. The Kier molecular flexibility index (Phi) is 3.85. The van der Waals surface area contributed by atoms with Gasteiger partial charge >= 0.3 is 0 Å². The lowest BCUT2D eigenvalue weighted by Crippen LogP contribution is -2.31. The smallest absolute Gasteiger partial charge is 0.234 e. The van der Waals surface area contributed by atoms with Gasteiger partial charge in [-0.1, -0.05) is 42.5 Å². The normalized spacial score (nSPS) is 11.9. The summed E-state index contributed by atoms with van der Waals surface area (Å²) in [6, 6.07) is 17.1. The highest BCUT2D eigenvalue weighted by Crippen LogP contribution is 2.25. The molecule has 0 heterocycles. The third-order valence-electron chi connectivity index (χ3n) is 3.30. The third kappa shape index (κ3) is 2.76. The number of anilines is 2. The Labute approximate surface area is 113 Å². The largest absolute Gasteiger partial charge is 0.397 e. The van der Waals surface area contributed by atoms with Crippen molar-refractivity contribution in [3.63, 3.8) is 0 Å². The molecule has 2 aromatic carbocycles. The second-order valence-corrected chi connectivity index (χ2v) is 4.59. The Bertz CT molecular complexity index is 566. The predicted octanol–water partition coefficient (Wildman–Crippen LogP) is 3.04. The number of hydrogen-bond donors (Lipinski definition) is 1. The van der Waals surface area contributed by atoms with Gasteiger partial charge in [-0.3, -0.25) is 4.79 Å². The van der Waals surface area contributed by atoms with E-state index in [2.05, 4.69) is 0 Å². The molecular formula is C16H18N2O. The number of para-hydroxylation sites is 2. The molecule has 2 aromatic rings. The standard InChI is InChI=1S/C16H18N2O/c1-12(13-8-4-3-5-9-13)16(19)18(2)15-11-7-6-10-14(15)17/h3-12H,17H2,1-2H3. The summed E-state index contributed by atoms with van der Waals surface area (Å²) in [7, 11) is 1.76. The van der Waals surface area contributed by atoms with Crippen molar-refractivity contribution < 1.29 is 4.79 Å². The van der Waals surface area contributed by atoms with Crippen LogP contribution >= 0.6 is 0 Å². The fraction of sp³-hybridized carbons (Fsp3) is 0.188. The van der Waals surface area contributed by atoms with E-state index < -0.39 is 0 Å². The van der Waals surface area contributed by atoms with E-state index in [4.69, 9.17) is 5.73 Å². The van der Waals surface area contributed by atoms with E-state index in [0.29, 0.717) is 5.69 Å². The van der Waals surface area contributed by atoms with Crippen LogP contribution in [0.1, 0.15) is 18.4 Å². The molecule has 3 nitrogen and oxygen atoms in total. The number of carbonyl (C=O) groups is 1. The Hall–Kier alpha value is -2.29. The Morgan fingerprint density at radius 1 is 1.05 bits per heavy atom. The zero-order chi connectivity index (χ0) is 13.8. The van der Waals surface area contributed by atoms with Gasteiger partial charge in [0.15, 0.2) is 0 Å². The molecule has 0 radical (unpaired) electrons. The predicted molar refractivity (Wildman–Crippen MR) is 79.1 cm³/mol. The topological polar surface area (TPSA) is 46.3 Å². The van der Waals surface area contributed by atoms with E-state index in [1.54, 1.807) is 18.0 Å². The second kappa shape index (κ2) is 5.57. The summed E-state index contributed by atoms with van der Waals surface area (Å²) >= 11 is 0. The second-order valence-electron chi connectivity index (χ2n) is 4.59. The highest BCUT2D eigenvalue weighted by Gasteiger charge is 2.21. The first-order valence-electron chi connectivity index (χ1n) is 6.28. The molecule has 3 heteroatoms. The fourth-order valence-corrected chi connectivity index (χ4v) is 2.09. The molecular weight excluding hydrogens is 236 g/mol. The van der Waals surface area contributed by atoms with Crippen LogP contribution < -0.4 is 10.6 Å². The minimum Gasteiger partial charge on any atom is -0.397 e. The van der Waals surface area contributed by atoms with Crippen LogP contribution in [0.3, 0.4) is 0 Å². The minimum atomic E-state index is -0.189. The molecule has 19 heavy (non-hydrogen) atoms.